The molecule has 0 fully saturated rings. The molecule has 1 heterocycles. The normalized spacial score (nSPS) is 13.6. The van der Waals surface area contributed by atoms with Crippen LogP contribution in [0.5, 0.6) is 0 Å². The first-order valence-electron chi connectivity index (χ1n) is 6.24. The summed E-state index contributed by atoms with van der Waals surface area (Å²) in [4.78, 5) is 8.39. The summed E-state index contributed by atoms with van der Waals surface area (Å²) in [5, 5.41) is 0. The number of hydrazine groups is 1. The Morgan fingerprint density at radius 3 is 2.65 bits per heavy atom. The van der Waals surface area contributed by atoms with Crippen molar-refractivity contribution in [2.45, 2.75) is 31.5 Å². The lowest BCUT2D eigenvalue weighted by Crippen LogP contribution is -2.28. The van der Waals surface area contributed by atoms with Crippen LogP contribution in [-0.2, 0) is 0 Å². The SMILES string of the molecule is NNC(CCCC(F)(F)F)c1cccc2nccnc12. The smallest absolute Gasteiger partial charge is 0.271 e. The van der Waals surface area contributed by atoms with Crippen LogP contribution in [0, 0.1) is 0 Å². The van der Waals surface area contributed by atoms with E-state index in [1.165, 1.54) is 0 Å². The third-order valence-electron chi connectivity index (χ3n) is 3.06. The van der Waals surface area contributed by atoms with E-state index in [1.807, 2.05) is 0 Å². The largest absolute Gasteiger partial charge is 0.389 e. The van der Waals surface area contributed by atoms with Gasteiger partial charge in [0.2, 0.25) is 0 Å². The number of hydrogen-bond acceptors (Lipinski definition) is 4. The van der Waals surface area contributed by atoms with Crippen LogP contribution in [0.2, 0.25) is 0 Å². The van der Waals surface area contributed by atoms with Gasteiger partial charge in [0.05, 0.1) is 11.0 Å². The Morgan fingerprint density at radius 2 is 1.95 bits per heavy atom. The number of nitrogens with one attached hydrogen (secondary N) is 1. The van der Waals surface area contributed by atoms with Gasteiger partial charge in [0.1, 0.15) is 0 Å². The average molecular weight is 284 g/mol. The Kier molecular flexibility index (Phi) is 4.51. The lowest BCUT2D eigenvalue weighted by molar-refractivity contribution is -0.135. The highest BCUT2D eigenvalue weighted by atomic mass is 19.4. The minimum atomic E-state index is -4.14. The molecule has 4 nitrogen and oxygen atoms in total. The summed E-state index contributed by atoms with van der Waals surface area (Å²) >= 11 is 0. The Labute approximate surface area is 114 Å². The topological polar surface area (TPSA) is 63.8 Å². The lowest BCUT2D eigenvalue weighted by Gasteiger charge is -2.18. The van der Waals surface area contributed by atoms with E-state index in [-0.39, 0.29) is 18.9 Å². The maximum atomic E-state index is 12.2. The number of fused-ring (bicyclic) bond motifs is 1. The zero-order valence-electron chi connectivity index (χ0n) is 10.7. The van der Waals surface area contributed by atoms with E-state index in [9.17, 15) is 13.2 Å². The van der Waals surface area contributed by atoms with Crippen molar-refractivity contribution in [3.05, 3.63) is 36.2 Å². The highest BCUT2D eigenvalue weighted by Crippen LogP contribution is 2.28. The van der Waals surface area contributed by atoms with Gasteiger partial charge in [-0.15, -0.1) is 0 Å². The van der Waals surface area contributed by atoms with Crippen molar-refractivity contribution in [2.24, 2.45) is 5.84 Å². The molecule has 0 aliphatic heterocycles. The minimum absolute atomic E-state index is 0.00894. The zero-order valence-corrected chi connectivity index (χ0v) is 10.7. The average Bonchev–Trinajstić information content (AvgIpc) is 2.42. The van der Waals surface area contributed by atoms with Gasteiger partial charge in [0.25, 0.3) is 0 Å². The van der Waals surface area contributed by atoms with Gasteiger partial charge in [-0.25, -0.2) is 0 Å². The third-order valence-corrected chi connectivity index (χ3v) is 3.06. The van der Waals surface area contributed by atoms with Crippen LogP contribution in [0.25, 0.3) is 11.0 Å². The number of hydrogen-bond donors (Lipinski definition) is 2. The molecule has 0 aliphatic rings. The van der Waals surface area contributed by atoms with E-state index in [4.69, 9.17) is 5.84 Å². The summed E-state index contributed by atoms with van der Waals surface area (Å²) in [5.74, 6) is 5.47. The van der Waals surface area contributed by atoms with Crippen molar-refractivity contribution in [3.63, 3.8) is 0 Å². The van der Waals surface area contributed by atoms with E-state index < -0.39 is 12.6 Å². The summed E-state index contributed by atoms with van der Waals surface area (Å²) in [6.45, 7) is 0. The number of nitrogens with two attached hydrogens (primary N) is 1. The molecule has 7 heteroatoms. The maximum Gasteiger partial charge on any atom is 0.389 e. The summed E-state index contributed by atoms with van der Waals surface area (Å²) in [6.07, 6.45) is -1.55. The van der Waals surface area contributed by atoms with Crippen molar-refractivity contribution >= 4 is 11.0 Å². The van der Waals surface area contributed by atoms with Gasteiger partial charge in [-0.1, -0.05) is 12.1 Å². The van der Waals surface area contributed by atoms with Crippen LogP contribution < -0.4 is 11.3 Å². The fourth-order valence-corrected chi connectivity index (χ4v) is 2.13. The van der Waals surface area contributed by atoms with Gasteiger partial charge in [-0.2, -0.15) is 13.2 Å². The molecular formula is C13H15F3N4. The zero-order chi connectivity index (χ0) is 14.6. The van der Waals surface area contributed by atoms with Crippen LogP contribution in [0.3, 0.4) is 0 Å². The van der Waals surface area contributed by atoms with Crippen molar-refractivity contribution in [2.75, 3.05) is 0 Å². The van der Waals surface area contributed by atoms with Crippen molar-refractivity contribution in [1.29, 1.82) is 0 Å². The molecule has 0 saturated heterocycles. The number of halogens is 3. The Hall–Kier alpha value is -1.73. The Morgan fingerprint density at radius 1 is 1.20 bits per heavy atom. The molecule has 0 radical (unpaired) electrons. The maximum absolute atomic E-state index is 12.2. The molecule has 0 saturated carbocycles. The fraction of sp³-hybridized carbons (Fsp3) is 0.385. The molecule has 20 heavy (non-hydrogen) atoms. The van der Waals surface area contributed by atoms with Gasteiger partial charge in [0, 0.05) is 24.9 Å². The Bertz CT molecular complexity index is 566. The van der Waals surface area contributed by atoms with Crippen molar-refractivity contribution in [3.8, 4) is 0 Å². The molecule has 1 atom stereocenters. The van der Waals surface area contributed by atoms with Gasteiger partial charge in [-0.3, -0.25) is 21.2 Å². The highest BCUT2D eigenvalue weighted by Gasteiger charge is 2.27. The molecule has 0 spiro atoms. The summed E-state index contributed by atoms with van der Waals surface area (Å²) in [5.41, 5.74) is 4.68. The second kappa shape index (κ2) is 6.15. The van der Waals surface area contributed by atoms with E-state index in [0.29, 0.717) is 11.0 Å². The van der Waals surface area contributed by atoms with Crippen LogP contribution in [0.1, 0.15) is 30.9 Å². The van der Waals surface area contributed by atoms with Gasteiger partial charge < -0.3 is 0 Å². The van der Waals surface area contributed by atoms with Crippen LogP contribution in [0.4, 0.5) is 13.2 Å². The molecule has 0 aliphatic carbocycles. The van der Waals surface area contributed by atoms with Crippen LogP contribution in [0.15, 0.2) is 30.6 Å². The lowest BCUT2D eigenvalue weighted by atomic mass is 10.00. The third kappa shape index (κ3) is 3.64. The van der Waals surface area contributed by atoms with E-state index in [2.05, 4.69) is 15.4 Å². The monoisotopic (exact) mass is 284 g/mol. The number of nitrogens with zero attached hydrogens (tertiary/aromatic N) is 2. The molecule has 1 aromatic carbocycles. The molecule has 1 unspecified atom stereocenters. The molecule has 108 valence electrons. The van der Waals surface area contributed by atoms with Crippen molar-refractivity contribution < 1.29 is 13.2 Å². The molecule has 1 aromatic heterocycles. The van der Waals surface area contributed by atoms with Crippen molar-refractivity contribution in [1.82, 2.24) is 15.4 Å². The molecule has 0 amide bonds. The van der Waals surface area contributed by atoms with E-state index in [0.717, 1.165) is 5.56 Å². The van der Waals surface area contributed by atoms with Gasteiger partial charge in [0.15, 0.2) is 0 Å². The Balaban J connectivity index is 2.17. The molecule has 0 bridgehead atoms. The fourth-order valence-electron chi connectivity index (χ4n) is 2.13. The predicted molar refractivity (Wildman–Crippen MR) is 69.5 cm³/mol. The molecule has 2 rings (SSSR count). The number of para-hydroxylation sites is 1. The summed E-state index contributed by atoms with van der Waals surface area (Å²) < 4.78 is 36.6. The second-order valence-corrected chi connectivity index (χ2v) is 4.50. The molecule has 2 aromatic rings. The van der Waals surface area contributed by atoms with Crippen LogP contribution in [-0.4, -0.2) is 16.1 Å². The first-order valence-corrected chi connectivity index (χ1v) is 6.24. The molecular weight excluding hydrogens is 269 g/mol. The van der Waals surface area contributed by atoms with E-state index in [1.54, 1.807) is 30.6 Å². The standard InChI is InChI=1S/C13H15F3N4/c14-13(15,16)6-2-5-10(20-17)9-3-1-4-11-12(9)19-8-7-18-11/h1,3-4,7-8,10,20H,2,5-6,17H2. The van der Waals surface area contributed by atoms with Crippen LogP contribution >= 0.6 is 0 Å². The first-order chi connectivity index (χ1) is 9.51. The number of aromatic nitrogens is 2. The predicted octanol–water partition coefficient (Wildman–Crippen LogP) is 2.87. The quantitative estimate of drug-likeness (QED) is 0.654. The van der Waals surface area contributed by atoms with Gasteiger partial charge >= 0.3 is 6.18 Å². The van der Waals surface area contributed by atoms with E-state index >= 15 is 0 Å². The number of benzene rings is 1. The second-order valence-electron chi connectivity index (χ2n) is 4.50. The number of rotatable bonds is 5. The summed E-state index contributed by atoms with van der Waals surface area (Å²) in [6, 6.07) is 5.02. The highest BCUT2D eigenvalue weighted by molar-refractivity contribution is 5.78. The summed E-state index contributed by atoms with van der Waals surface area (Å²) in [7, 11) is 0. The number of alkyl halides is 3. The van der Waals surface area contributed by atoms with Gasteiger partial charge in [-0.05, 0) is 24.5 Å². The minimum Gasteiger partial charge on any atom is -0.271 e. The first kappa shape index (κ1) is 14.7. The molecule has 3 N–H and O–H groups in total.